The second-order valence-electron chi connectivity index (χ2n) is 8.09. The van der Waals surface area contributed by atoms with Crippen molar-refractivity contribution in [3.8, 4) is 0 Å². The Hall–Kier alpha value is -1.04. The molecule has 0 aromatic rings. The maximum absolute atomic E-state index is 12.4. The lowest BCUT2D eigenvalue weighted by atomic mass is 9.49. The molecule has 0 aromatic heterocycles. The van der Waals surface area contributed by atoms with Crippen molar-refractivity contribution in [2.45, 2.75) is 45.7 Å². The maximum Gasteiger partial charge on any atom is 0.401 e. The highest BCUT2D eigenvalue weighted by Gasteiger charge is 2.51. The molecule has 2 atom stereocenters. The van der Waals surface area contributed by atoms with Gasteiger partial charge in [0.25, 0.3) is 0 Å². The van der Waals surface area contributed by atoms with Gasteiger partial charge < -0.3 is 4.74 Å². The van der Waals surface area contributed by atoms with Crippen molar-refractivity contribution in [3.05, 3.63) is 11.6 Å². The van der Waals surface area contributed by atoms with Gasteiger partial charge in [-0.2, -0.15) is 13.2 Å². The number of fused-ring (bicyclic) bond motifs is 1. The zero-order chi connectivity index (χ0) is 17.5. The fraction of sp³-hybridized carbons (Fsp3) is 0.833. The number of likely N-dealkylation sites (tertiary alicyclic amines) is 1. The molecule has 4 rings (SSSR count). The normalized spacial score (nSPS) is 30.5. The number of rotatable bonds is 4. The molecule has 3 nitrogen and oxygen atoms in total. The quantitative estimate of drug-likeness (QED) is 0.573. The number of hydrogen-bond acceptors (Lipinski definition) is 3. The minimum absolute atomic E-state index is 0.248. The van der Waals surface area contributed by atoms with Crippen LogP contribution in [0.1, 0.15) is 39.5 Å². The van der Waals surface area contributed by atoms with Crippen LogP contribution in [-0.4, -0.2) is 43.3 Å². The van der Waals surface area contributed by atoms with Crippen LogP contribution in [0.15, 0.2) is 11.6 Å². The van der Waals surface area contributed by atoms with Gasteiger partial charge in [-0.1, -0.05) is 19.9 Å². The Morgan fingerprint density at radius 2 is 2.00 bits per heavy atom. The van der Waals surface area contributed by atoms with Gasteiger partial charge in [-0.25, -0.2) is 0 Å². The molecule has 0 aromatic carbocycles. The smallest absolute Gasteiger partial charge is 0.401 e. The van der Waals surface area contributed by atoms with Crippen LogP contribution in [-0.2, 0) is 9.53 Å². The summed E-state index contributed by atoms with van der Waals surface area (Å²) in [5, 5.41) is 0. The van der Waals surface area contributed by atoms with Crippen LogP contribution in [0.4, 0.5) is 13.2 Å². The summed E-state index contributed by atoms with van der Waals surface area (Å²) >= 11 is 0. The van der Waals surface area contributed by atoms with Crippen LogP contribution in [0.3, 0.4) is 0 Å². The molecule has 3 aliphatic carbocycles. The Kier molecular flexibility index (Phi) is 4.71. The van der Waals surface area contributed by atoms with Crippen molar-refractivity contribution in [1.82, 2.24) is 4.90 Å². The largest absolute Gasteiger partial charge is 0.461 e. The molecular weight excluding hydrogens is 319 g/mol. The Bertz CT molecular complexity index is 519. The van der Waals surface area contributed by atoms with E-state index >= 15 is 0 Å². The van der Waals surface area contributed by atoms with Gasteiger partial charge in [-0.15, -0.1) is 0 Å². The molecule has 0 amide bonds. The van der Waals surface area contributed by atoms with Crippen molar-refractivity contribution in [3.63, 3.8) is 0 Å². The zero-order valence-corrected chi connectivity index (χ0v) is 14.4. The number of carbonyl (C=O) groups excluding carboxylic acids is 1. The molecule has 6 heteroatoms. The fourth-order valence-corrected chi connectivity index (χ4v) is 4.49. The van der Waals surface area contributed by atoms with Gasteiger partial charge in [0.2, 0.25) is 0 Å². The van der Waals surface area contributed by atoms with E-state index < -0.39 is 12.7 Å². The summed E-state index contributed by atoms with van der Waals surface area (Å²) in [5.41, 5.74) is 1.53. The van der Waals surface area contributed by atoms with Crippen molar-refractivity contribution < 1.29 is 22.7 Å². The van der Waals surface area contributed by atoms with Crippen molar-refractivity contribution in [2.75, 3.05) is 26.2 Å². The second kappa shape index (κ2) is 6.36. The Balaban J connectivity index is 1.43. The van der Waals surface area contributed by atoms with Crippen molar-refractivity contribution in [1.29, 1.82) is 0 Å². The van der Waals surface area contributed by atoms with Gasteiger partial charge in [0.05, 0.1) is 12.5 Å². The van der Waals surface area contributed by atoms with Crippen LogP contribution in [0.2, 0.25) is 0 Å². The van der Waals surface area contributed by atoms with E-state index in [1.165, 1.54) is 16.9 Å². The van der Waals surface area contributed by atoms with E-state index in [1.807, 2.05) is 0 Å². The monoisotopic (exact) mass is 345 g/mol. The van der Waals surface area contributed by atoms with E-state index in [9.17, 15) is 18.0 Å². The van der Waals surface area contributed by atoms with E-state index in [1.54, 1.807) is 0 Å². The van der Waals surface area contributed by atoms with E-state index in [0.717, 1.165) is 12.3 Å². The minimum Gasteiger partial charge on any atom is -0.461 e. The van der Waals surface area contributed by atoms with Gasteiger partial charge in [-0.05, 0) is 61.6 Å². The Morgan fingerprint density at radius 1 is 1.33 bits per heavy atom. The lowest BCUT2D eigenvalue weighted by molar-refractivity contribution is -0.156. The van der Waals surface area contributed by atoms with E-state index in [2.05, 4.69) is 19.9 Å². The highest BCUT2D eigenvalue weighted by Crippen LogP contribution is 2.59. The number of carbonyl (C=O) groups is 1. The first kappa shape index (κ1) is 17.8. The molecule has 2 bridgehead atoms. The Morgan fingerprint density at radius 3 is 2.54 bits per heavy atom. The molecule has 0 unspecified atom stereocenters. The van der Waals surface area contributed by atoms with Gasteiger partial charge in [0, 0.05) is 0 Å². The van der Waals surface area contributed by atoms with E-state index in [4.69, 9.17) is 4.74 Å². The van der Waals surface area contributed by atoms with E-state index in [0.29, 0.717) is 43.9 Å². The topological polar surface area (TPSA) is 29.5 Å². The Labute approximate surface area is 141 Å². The highest BCUT2D eigenvalue weighted by atomic mass is 19.4. The average molecular weight is 345 g/mol. The van der Waals surface area contributed by atoms with Crippen LogP contribution in [0.25, 0.3) is 0 Å². The second-order valence-corrected chi connectivity index (χ2v) is 8.09. The van der Waals surface area contributed by atoms with E-state index in [-0.39, 0.29) is 11.9 Å². The minimum atomic E-state index is -4.17. The van der Waals surface area contributed by atoms with Gasteiger partial charge in [-0.3, -0.25) is 9.69 Å². The first-order valence-electron chi connectivity index (χ1n) is 8.81. The zero-order valence-electron chi connectivity index (χ0n) is 14.4. The van der Waals surface area contributed by atoms with Crippen LogP contribution >= 0.6 is 0 Å². The number of nitrogens with zero attached hydrogens (tertiary/aromatic N) is 1. The number of alkyl halides is 3. The third-order valence-corrected chi connectivity index (χ3v) is 6.29. The third kappa shape index (κ3) is 3.63. The first-order chi connectivity index (χ1) is 11.2. The molecule has 136 valence electrons. The predicted octanol–water partition coefficient (Wildman–Crippen LogP) is 3.80. The number of hydrogen-bond donors (Lipinski definition) is 0. The summed E-state index contributed by atoms with van der Waals surface area (Å²) in [6.45, 7) is 4.62. The molecule has 0 N–H and O–H groups in total. The lowest BCUT2D eigenvalue weighted by Crippen LogP contribution is -2.49. The summed E-state index contributed by atoms with van der Waals surface area (Å²) in [6, 6.07) is 0. The maximum atomic E-state index is 12.4. The molecule has 1 saturated heterocycles. The SMILES string of the molecule is CC1(C)[C@H]2CC=C(COC(=O)C3CCN(CC(F)(F)F)CC3)[C@@H]1C2. The van der Waals surface area contributed by atoms with Gasteiger partial charge in [0.1, 0.15) is 6.61 Å². The molecule has 24 heavy (non-hydrogen) atoms. The van der Waals surface area contributed by atoms with Crippen LogP contribution < -0.4 is 0 Å². The molecular formula is C18H26F3NO2. The number of piperidine rings is 1. The molecule has 4 aliphatic rings. The van der Waals surface area contributed by atoms with Crippen molar-refractivity contribution in [2.24, 2.45) is 23.2 Å². The average Bonchev–Trinajstić information content (AvgIpc) is 2.51. The molecule has 2 fully saturated rings. The number of ether oxygens (including phenoxy) is 1. The third-order valence-electron chi connectivity index (χ3n) is 6.29. The summed E-state index contributed by atoms with van der Waals surface area (Å²) in [7, 11) is 0. The summed E-state index contributed by atoms with van der Waals surface area (Å²) in [6.07, 6.45) is 1.19. The number of allylic oxidation sites excluding steroid dienone is 1. The predicted molar refractivity (Wildman–Crippen MR) is 84.3 cm³/mol. The molecule has 1 aliphatic heterocycles. The molecule has 0 spiro atoms. The van der Waals surface area contributed by atoms with Crippen LogP contribution in [0.5, 0.6) is 0 Å². The van der Waals surface area contributed by atoms with Crippen LogP contribution in [0, 0.1) is 23.2 Å². The molecule has 1 heterocycles. The van der Waals surface area contributed by atoms with Crippen molar-refractivity contribution >= 4 is 5.97 Å². The standard InChI is InChI=1S/C18H26F3NO2/c1-17(2)14-4-3-13(15(17)9-14)10-24-16(23)12-5-7-22(8-6-12)11-18(19,20)21/h3,12,14-15H,4-11H2,1-2H3/t14-,15-/m0/s1. The number of esters is 1. The highest BCUT2D eigenvalue weighted by molar-refractivity contribution is 5.72. The van der Waals surface area contributed by atoms with Gasteiger partial charge >= 0.3 is 12.1 Å². The summed E-state index contributed by atoms with van der Waals surface area (Å²) in [5.74, 6) is 0.750. The fourth-order valence-electron chi connectivity index (χ4n) is 4.49. The summed E-state index contributed by atoms with van der Waals surface area (Å²) < 4.78 is 42.7. The first-order valence-corrected chi connectivity index (χ1v) is 8.81. The summed E-state index contributed by atoms with van der Waals surface area (Å²) in [4.78, 5) is 13.6. The molecule has 1 saturated carbocycles. The number of halogens is 3. The lowest BCUT2D eigenvalue weighted by Gasteiger charge is -2.56. The molecule has 0 radical (unpaired) electrons. The van der Waals surface area contributed by atoms with Gasteiger partial charge in [0.15, 0.2) is 0 Å².